The van der Waals surface area contributed by atoms with Gasteiger partial charge in [0.1, 0.15) is 0 Å². The van der Waals surface area contributed by atoms with Gasteiger partial charge in [0, 0.05) is 32.2 Å². The van der Waals surface area contributed by atoms with Crippen LogP contribution in [0.15, 0.2) is 30.3 Å². The lowest BCUT2D eigenvalue weighted by atomic mass is 10.0. The van der Waals surface area contributed by atoms with Crippen molar-refractivity contribution >= 4 is 9.84 Å². The molecule has 20 heavy (non-hydrogen) atoms. The molecule has 0 aromatic heterocycles. The molecule has 0 spiro atoms. The van der Waals surface area contributed by atoms with Gasteiger partial charge in [-0.1, -0.05) is 30.3 Å². The molecule has 2 fully saturated rings. The Morgan fingerprint density at radius 2 is 2.05 bits per heavy atom. The van der Waals surface area contributed by atoms with E-state index in [0.29, 0.717) is 18.3 Å². The van der Waals surface area contributed by atoms with Crippen LogP contribution < -0.4 is 5.32 Å². The molecule has 0 aliphatic carbocycles. The Morgan fingerprint density at radius 1 is 1.25 bits per heavy atom. The Hall–Kier alpha value is -0.910. The van der Waals surface area contributed by atoms with E-state index in [1.165, 1.54) is 5.56 Å². The first kappa shape index (κ1) is 14.0. The summed E-state index contributed by atoms with van der Waals surface area (Å²) in [5.41, 5.74) is 1.27. The SMILES string of the molecule is O=S1(=O)CCCC1CN1CCNCC1c1ccccc1. The lowest BCUT2D eigenvalue weighted by Crippen LogP contribution is -2.49. The van der Waals surface area contributed by atoms with Crippen LogP contribution in [0.4, 0.5) is 0 Å². The van der Waals surface area contributed by atoms with Crippen LogP contribution in [0.3, 0.4) is 0 Å². The van der Waals surface area contributed by atoms with Crippen molar-refractivity contribution in [2.45, 2.75) is 24.1 Å². The first-order chi connectivity index (χ1) is 9.67. The number of benzene rings is 1. The van der Waals surface area contributed by atoms with E-state index in [-0.39, 0.29) is 5.25 Å². The van der Waals surface area contributed by atoms with Crippen molar-refractivity contribution in [1.29, 1.82) is 0 Å². The Balaban J connectivity index is 1.76. The smallest absolute Gasteiger partial charge is 0.154 e. The molecule has 5 heteroatoms. The van der Waals surface area contributed by atoms with Crippen molar-refractivity contribution < 1.29 is 8.42 Å². The molecule has 3 rings (SSSR count). The number of hydrogen-bond acceptors (Lipinski definition) is 4. The Kier molecular flexibility index (Phi) is 4.10. The van der Waals surface area contributed by atoms with Crippen LogP contribution in [0.25, 0.3) is 0 Å². The van der Waals surface area contributed by atoms with Gasteiger partial charge >= 0.3 is 0 Å². The topological polar surface area (TPSA) is 49.4 Å². The van der Waals surface area contributed by atoms with Crippen molar-refractivity contribution in [3.8, 4) is 0 Å². The molecule has 0 bridgehead atoms. The molecule has 0 radical (unpaired) electrons. The molecule has 1 aromatic rings. The van der Waals surface area contributed by atoms with E-state index in [9.17, 15) is 8.42 Å². The van der Waals surface area contributed by atoms with Gasteiger partial charge in [-0.05, 0) is 18.4 Å². The highest BCUT2D eigenvalue weighted by Gasteiger charge is 2.35. The van der Waals surface area contributed by atoms with E-state index in [0.717, 1.165) is 32.5 Å². The zero-order valence-electron chi connectivity index (χ0n) is 11.7. The first-order valence-corrected chi connectivity index (χ1v) is 9.09. The number of nitrogens with one attached hydrogen (secondary N) is 1. The van der Waals surface area contributed by atoms with Crippen molar-refractivity contribution in [2.24, 2.45) is 0 Å². The minimum absolute atomic E-state index is 0.160. The van der Waals surface area contributed by atoms with Gasteiger partial charge in [0.15, 0.2) is 9.84 Å². The summed E-state index contributed by atoms with van der Waals surface area (Å²) in [7, 11) is -2.85. The molecule has 2 aliphatic heterocycles. The summed E-state index contributed by atoms with van der Waals surface area (Å²) in [4.78, 5) is 2.35. The largest absolute Gasteiger partial charge is 0.314 e. The van der Waals surface area contributed by atoms with Gasteiger partial charge in [0.25, 0.3) is 0 Å². The second kappa shape index (κ2) is 5.84. The van der Waals surface area contributed by atoms with E-state index in [1.54, 1.807) is 0 Å². The van der Waals surface area contributed by atoms with Gasteiger partial charge in [-0.15, -0.1) is 0 Å². The Bertz CT molecular complexity index is 544. The average Bonchev–Trinajstić information content (AvgIpc) is 2.80. The normalized spacial score (nSPS) is 30.4. The maximum absolute atomic E-state index is 12.0. The minimum Gasteiger partial charge on any atom is -0.314 e. The molecule has 0 amide bonds. The zero-order chi connectivity index (χ0) is 14.0. The van der Waals surface area contributed by atoms with Gasteiger partial charge in [-0.3, -0.25) is 4.90 Å². The van der Waals surface area contributed by atoms with Crippen LogP contribution in [-0.2, 0) is 9.84 Å². The standard InChI is InChI=1S/C15H22N2O2S/c18-20(19)10-4-7-14(20)12-17-9-8-16-11-15(17)13-5-2-1-3-6-13/h1-3,5-6,14-16H,4,7-12H2. The quantitative estimate of drug-likeness (QED) is 0.910. The van der Waals surface area contributed by atoms with Crippen LogP contribution in [0.5, 0.6) is 0 Å². The molecule has 0 saturated carbocycles. The summed E-state index contributed by atoms with van der Waals surface area (Å²) in [6.07, 6.45) is 1.66. The molecular formula is C15H22N2O2S. The second-order valence-corrected chi connectivity index (χ2v) is 8.16. The van der Waals surface area contributed by atoms with Crippen LogP contribution in [0, 0.1) is 0 Å². The van der Waals surface area contributed by atoms with Crippen LogP contribution in [0.2, 0.25) is 0 Å². The first-order valence-electron chi connectivity index (χ1n) is 7.38. The monoisotopic (exact) mass is 294 g/mol. The predicted octanol–water partition coefficient (Wildman–Crippen LogP) is 1.21. The molecule has 1 aromatic carbocycles. The third-order valence-corrected chi connectivity index (χ3v) is 6.70. The van der Waals surface area contributed by atoms with Gasteiger partial charge in [-0.25, -0.2) is 8.42 Å². The number of piperazine rings is 1. The highest BCUT2D eigenvalue weighted by molar-refractivity contribution is 7.92. The summed E-state index contributed by atoms with van der Waals surface area (Å²) < 4.78 is 24.1. The van der Waals surface area contributed by atoms with Crippen molar-refractivity contribution in [3.05, 3.63) is 35.9 Å². The number of sulfone groups is 1. The van der Waals surface area contributed by atoms with Crippen LogP contribution >= 0.6 is 0 Å². The van der Waals surface area contributed by atoms with E-state index in [1.807, 2.05) is 6.07 Å². The summed E-state index contributed by atoms with van der Waals surface area (Å²) >= 11 is 0. The van der Waals surface area contributed by atoms with Crippen molar-refractivity contribution in [2.75, 3.05) is 31.9 Å². The van der Waals surface area contributed by atoms with E-state index in [4.69, 9.17) is 0 Å². The minimum atomic E-state index is -2.85. The predicted molar refractivity (Wildman–Crippen MR) is 80.4 cm³/mol. The summed E-state index contributed by atoms with van der Waals surface area (Å²) in [5.74, 6) is 0.375. The van der Waals surface area contributed by atoms with Crippen LogP contribution in [-0.4, -0.2) is 50.5 Å². The molecule has 2 atom stereocenters. The Labute approximate surface area is 121 Å². The summed E-state index contributed by atoms with van der Waals surface area (Å²) in [5, 5.41) is 3.26. The molecule has 2 aliphatic rings. The molecule has 1 N–H and O–H groups in total. The molecule has 2 heterocycles. The van der Waals surface area contributed by atoms with Gasteiger partial charge in [0.05, 0.1) is 11.0 Å². The van der Waals surface area contributed by atoms with Gasteiger partial charge in [0.2, 0.25) is 0 Å². The third-order valence-electron chi connectivity index (χ3n) is 4.44. The second-order valence-electron chi connectivity index (χ2n) is 5.76. The van der Waals surface area contributed by atoms with E-state index in [2.05, 4.69) is 34.5 Å². The number of rotatable bonds is 3. The molecule has 110 valence electrons. The maximum atomic E-state index is 12.0. The summed E-state index contributed by atoms with van der Waals surface area (Å²) in [6.45, 7) is 3.45. The lowest BCUT2D eigenvalue weighted by Gasteiger charge is -2.37. The van der Waals surface area contributed by atoms with Gasteiger partial charge < -0.3 is 5.32 Å². The van der Waals surface area contributed by atoms with Gasteiger partial charge in [-0.2, -0.15) is 0 Å². The zero-order valence-corrected chi connectivity index (χ0v) is 12.5. The Morgan fingerprint density at radius 3 is 2.75 bits per heavy atom. The average molecular weight is 294 g/mol. The molecule has 4 nitrogen and oxygen atoms in total. The summed E-state index contributed by atoms with van der Waals surface area (Å²) in [6, 6.07) is 10.7. The van der Waals surface area contributed by atoms with Crippen molar-refractivity contribution in [3.63, 3.8) is 0 Å². The molecule has 2 saturated heterocycles. The fourth-order valence-corrected chi connectivity index (χ4v) is 5.14. The lowest BCUT2D eigenvalue weighted by molar-refractivity contribution is 0.161. The van der Waals surface area contributed by atoms with E-state index >= 15 is 0 Å². The molecular weight excluding hydrogens is 272 g/mol. The number of hydrogen-bond donors (Lipinski definition) is 1. The van der Waals surface area contributed by atoms with E-state index < -0.39 is 9.84 Å². The fraction of sp³-hybridized carbons (Fsp3) is 0.600. The molecule has 2 unspecified atom stereocenters. The highest BCUT2D eigenvalue weighted by Crippen LogP contribution is 2.27. The van der Waals surface area contributed by atoms with Crippen molar-refractivity contribution in [1.82, 2.24) is 10.2 Å². The third kappa shape index (κ3) is 2.90. The maximum Gasteiger partial charge on any atom is 0.154 e. The number of nitrogens with zero attached hydrogens (tertiary/aromatic N) is 1. The van der Waals surface area contributed by atoms with Crippen LogP contribution in [0.1, 0.15) is 24.4 Å². The highest BCUT2D eigenvalue weighted by atomic mass is 32.2. The fourth-order valence-electron chi connectivity index (χ4n) is 3.29.